The number of carbonyl (C=O) groups excluding carboxylic acids is 2. The van der Waals surface area contributed by atoms with Crippen LogP contribution in [0.25, 0.3) is 16.6 Å². The lowest BCUT2D eigenvalue weighted by molar-refractivity contribution is -0.114. The zero-order valence-corrected chi connectivity index (χ0v) is 19.2. The summed E-state index contributed by atoms with van der Waals surface area (Å²) in [6.45, 7) is 1.83. The molecule has 0 unspecified atom stereocenters. The molecule has 2 aromatic carbocycles. The smallest absolute Gasteiger partial charge is 0.221 e. The summed E-state index contributed by atoms with van der Waals surface area (Å²) in [4.78, 5) is 23.1. The third-order valence-electron chi connectivity index (χ3n) is 4.93. The van der Waals surface area contributed by atoms with Gasteiger partial charge in [-0.05, 0) is 30.3 Å². The number of fused-ring (bicyclic) bond motifs is 1. The van der Waals surface area contributed by atoms with Gasteiger partial charge >= 0.3 is 0 Å². The van der Waals surface area contributed by atoms with Gasteiger partial charge in [-0.2, -0.15) is 0 Å². The van der Waals surface area contributed by atoms with Gasteiger partial charge in [0.15, 0.2) is 17.7 Å². The van der Waals surface area contributed by atoms with Crippen molar-refractivity contribution in [2.24, 2.45) is 0 Å². The number of methoxy groups -OCH3 is 2. The van der Waals surface area contributed by atoms with Gasteiger partial charge < -0.3 is 19.4 Å². The molecule has 1 amide bonds. The molecule has 4 aromatic rings. The van der Waals surface area contributed by atoms with Crippen molar-refractivity contribution >= 4 is 44.7 Å². The number of nitrogens with one attached hydrogen (secondary N) is 1. The van der Waals surface area contributed by atoms with E-state index in [1.165, 1.54) is 14.0 Å². The van der Waals surface area contributed by atoms with Crippen molar-refractivity contribution in [1.29, 1.82) is 0 Å². The van der Waals surface area contributed by atoms with E-state index in [-0.39, 0.29) is 5.91 Å². The zero-order valence-electron chi connectivity index (χ0n) is 17.6. The Bertz CT molecular complexity index is 1330. The van der Waals surface area contributed by atoms with Gasteiger partial charge in [-0.25, -0.2) is 4.68 Å². The van der Waals surface area contributed by atoms with Gasteiger partial charge in [-0.3, -0.25) is 9.59 Å². The predicted octanol–water partition coefficient (Wildman–Crippen LogP) is 3.82. The highest BCUT2D eigenvalue weighted by Crippen LogP contribution is 2.38. The molecule has 0 atom stereocenters. The second-order valence-electron chi connectivity index (χ2n) is 7.02. The summed E-state index contributed by atoms with van der Waals surface area (Å²) in [7, 11) is 3.05. The van der Waals surface area contributed by atoms with E-state index in [0.29, 0.717) is 40.7 Å². The number of ether oxygens (including phenoxy) is 2. The standard InChI is InChI=1S/C22H20BrN5O4/c1-13(30)24-18-5-7-20(31-2)21(22(18)32-3)28-11-16(25-26-28)10-27-9-14(12-29)17-8-15(23)4-6-19(17)27/h4-9,11-12H,10H2,1-3H3,(H,24,30). The number of amides is 1. The maximum absolute atomic E-state index is 11.6. The monoisotopic (exact) mass is 497 g/mol. The molecule has 10 heteroatoms. The van der Waals surface area contributed by atoms with Gasteiger partial charge in [0.1, 0.15) is 11.4 Å². The lowest BCUT2D eigenvalue weighted by atomic mass is 10.2. The Morgan fingerprint density at radius 3 is 2.69 bits per heavy atom. The topological polar surface area (TPSA) is 100 Å². The Kier molecular flexibility index (Phi) is 5.95. The average molecular weight is 498 g/mol. The summed E-state index contributed by atoms with van der Waals surface area (Å²) >= 11 is 3.45. The molecule has 0 aliphatic rings. The van der Waals surface area contributed by atoms with Crippen LogP contribution >= 0.6 is 15.9 Å². The van der Waals surface area contributed by atoms with Gasteiger partial charge in [-0.15, -0.1) is 5.10 Å². The predicted molar refractivity (Wildman–Crippen MR) is 123 cm³/mol. The van der Waals surface area contributed by atoms with Gasteiger partial charge in [0, 0.05) is 34.1 Å². The summed E-state index contributed by atoms with van der Waals surface area (Å²) in [6.07, 6.45) is 4.39. The molecule has 0 fully saturated rings. The maximum atomic E-state index is 11.6. The Labute approximate surface area is 192 Å². The Morgan fingerprint density at radius 1 is 1.19 bits per heavy atom. The van der Waals surface area contributed by atoms with E-state index in [1.54, 1.807) is 36.3 Å². The van der Waals surface area contributed by atoms with Crippen LogP contribution in [0, 0.1) is 0 Å². The normalized spacial score (nSPS) is 10.9. The Morgan fingerprint density at radius 2 is 2.00 bits per heavy atom. The highest BCUT2D eigenvalue weighted by Gasteiger charge is 2.20. The summed E-state index contributed by atoms with van der Waals surface area (Å²) in [6, 6.07) is 9.20. The van der Waals surface area contributed by atoms with E-state index in [2.05, 4.69) is 31.6 Å². The molecular formula is C22H20BrN5O4. The highest BCUT2D eigenvalue weighted by molar-refractivity contribution is 9.10. The van der Waals surface area contributed by atoms with Gasteiger partial charge in [0.05, 0.1) is 32.6 Å². The van der Waals surface area contributed by atoms with Gasteiger partial charge in [-0.1, -0.05) is 21.1 Å². The number of nitrogens with zero attached hydrogens (tertiary/aromatic N) is 4. The second kappa shape index (κ2) is 8.83. The molecule has 0 bridgehead atoms. The van der Waals surface area contributed by atoms with Crippen LogP contribution in [-0.2, 0) is 11.3 Å². The number of hydrogen-bond acceptors (Lipinski definition) is 6. The Hall–Kier alpha value is -3.66. The molecule has 164 valence electrons. The van der Waals surface area contributed by atoms with E-state index in [4.69, 9.17) is 9.47 Å². The van der Waals surface area contributed by atoms with Crippen LogP contribution in [0.1, 0.15) is 23.0 Å². The molecule has 0 saturated carbocycles. The fourth-order valence-corrected chi connectivity index (χ4v) is 3.97. The number of anilines is 1. The van der Waals surface area contributed by atoms with Crippen molar-refractivity contribution in [3.63, 3.8) is 0 Å². The van der Waals surface area contributed by atoms with Gasteiger partial charge in [0.25, 0.3) is 0 Å². The molecule has 2 heterocycles. The first kappa shape index (κ1) is 21.6. The van der Waals surface area contributed by atoms with Crippen LogP contribution in [0.2, 0.25) is 0 Å². The van der Waals surface area contributed by atoms with Crippen molar-refractivity contribution < 1.29 is 19.1 Å². The van der Waals surface area contributed by atoms with Crippen LogP contribution in [0.4, 0.5) is 5.69 Å². The van der Waals surface area contributed by atoms with E-state index < -0.39 is 0 Å². The molecule has 1 N–H and O–H groups in total. The number of rotatable bonds is 7. The van der Waals surface area contributed by atoms with Crippen molar-refractivity contribution in [1.82, 2.24) is 19.6 Å². The van der Waals surface area contributed by atoms with Crippen molar-refractivity contribution in [2.45, 2.75) is 13.5 Å². The van der Waals surface area contributed by atoms with E-state index in [9.17, 15) is 9.59 Å². The van der Waals surface area contributed by atoms with Crippen molar-refractivity contribution in [2.75, 3.05) is 19.5 Å². The molecule has 4 rings (SSSR count). The summed E-state index contributed by atoms with van der Waals surface area (Å²) in [5.74, 6) is 0.679. The highest BCUT2D eigenvalue weighted by atomic mass is 79.9. The third kappa shape index (κ3) is 3.96. The molecule has 0 aliphatic carbocycles. The minimum Gasteiger partial charge on any atom is -0.494 e. The minimum atomic E-state index is -0.226. The first-order chi connectivity index (χ1) is 15.4. The van der Waals surface area contributed by atoms with Crippen molar-refractivity contribution in [3.8, 4) is 17.2 Å². The number of benzene rings is 2. The summed E-state index contributed by atoms with van der Waals surface area (Å²) < 4.78 is 15.4. The molecule has 2 aromatic heterocycles. The lowest BCUT2D eigenvalue weighted by Crippen LogP contribution is -2.10. The molecule has 0 aliphatic heterocycles. The molecule has 32 heavy (non-hydrogen) atoms. The quantitative estimate of drug-likeness (QED) is 0.389. The number of aromatic nitrogens is 4. The number of halogens is 1. The molecule has 0 radical (unpaired) electrons. The fraction of sp³-hybridized carbons (Fsp3) is 0.182. The van der Waals surface area contributed by atoms with E-state index in [1.807, 2.05) is 22.8 Å². The fourth-order valence-electron chi connectivity index (χ4n) is 3.61. The van der Waals surface area contributed by atoms with Crippen LogP contribution in [-0.4, -0.2) is 46.0 Å². The molecular weight excluding hydrogens is 478 g/mol. The van der Waals surface area contributed by atoms with Crippen molar-refractivity contribution in [3.05, 3.63) is 58.5 Å². The molecule has 9 nitrogen and oxygen atoms in total. The molecule has 0 spiro atoms. The van der Waals surface area contributed by atoms with Crippen LogP contribution in [0.5, 0.6) is 11.5 Å². The largest absolute Gasteiger partial charge is 0.494 e. The number of hydrogen-bond donors (Lipinski definition) is 1. The minimum absolute atomic E-state index is 0.226. The van der Waals surface area contributed by atoms with Crippen LogP contribution in [0.3, 0.4) is 0 Å². The first-order valence-corrected chi connectivity index (χ1v) is 10.4. The van der Waals surface area contributed by atoms with Crippen LogP contribution in [0.15, 0.2) is 47.2 Å². The van der Waals surface area contributed by atoms with E-state index >= 15 is 0 Å². The maximum Gasteiger partial charge on any atom is 0.221 e. The summed E-state index contributed by atoms with van der Waals surface area (Å²) in [5, 5.41) is 12.1. The lowest BCUT2D eigenvalue weighted by Gasteiger charge is -2.16. The number of carbonyl (C=O) groups is 2. The van der Waals surface area contributed by atoms with E-state index in [0.717, 1.165) is 21.7 Å². The molecule has 0 saturated heterocycles. The average Bonchev–Trinajstić information content (AvgIpc) is 3.37. The SMILES string of the molecule is COc1ccc(NC(C)=O)c(OC)c1-n1cc(Cn2cc(C=O)c3cc(Br)ccc32)nn1. The van der Waals surface area contributed by atoms with Crippen LogP contribution < -0.4 is 14.8 Å². The summed E-state index contributed by atoms with van der Waals surface area (Å²) in [5.41, 5.74) is 3.17. The number of aldehydes is 1. The zero-order chi connectivity index (χ0) is 22.8. The van der Waals surface area contributed by atoms with Gasteiger partial charge in [0.2, 0.25) is 5.91 Å². The first-order valence-electron chi connectivity index (χ1n) is 9.63. The Balaban J connectivity index is 1.75. The second-order valence-corrected chi connectivity index (χ2v) is 7.94. The third-order valence-corrected chi connectivity index (χ3v) is 5.43.